The van der Waals surface area contributed by atoms with Gasteiger partial charge in [-0.3, -0.25) is 0 Å². The molecule has 0 unspecified atom stereocenters. The number of hydrogen-bond acceptors (Lipinski definition) is 4. The number of nitrogens with one attached hydrogen (secondary N) is 1. The molecule has 0 saturated heterocycles. The summed E-state index contributed by atoms with van der Waals surface area (Å²) in [6, 6.07) is 6.11. The van der Waals surface area contributed by atoms with Crippen molar-refractivity contribution in [1.29, 1.82) is 0 Å². The molecule has 0 aliphatic rings. The Balaban J connectivity index is 1.95. The van der Waals surface area contributed by atoms with E-state index in [0.29, 0.717) is 6.61 Å². The Kier molecular flexibility index (Phi) is 4.36. The number of nitrogens with zero attached hydrogens (tertiary/aromatic N) is 1. The van der Waals surface area contributed by atoms with E-state index in [1.807, 2.05) is 26.0 Å². The summed E-state index contributed by atoms with van der Waals surface area (Å²) in [6.45, 7) is 5.57. The van der Waals surface area contributed by atoms with E-state index in [0.717, 1.165) is 21.7 Å². The van der Waals surface area contributed by atoms with Crippen LogP contribution in [0.4, 0.5) is 5.13 Å². The first-order valence-electron chi connectivity index (χ1n) is 5.57. The summed E-state index contributed by atoms with van der Waals surface area (Å²) in [7, 11) is 0. The summed E-state index contributed by atoms with van der Waals surface area (Å²) >= 11 is 5.12. The molecule has 5 heteroatoms. The van der Waals surface area contributed by atoms with Crippen LogP contribution in [0.25, 0.3) is 10.2 Å². The molecule has 2 aromatic rings. The lowest BCUT2D eigenvalue weighted by Gasteiger charge is -2.07. The monoisotopic (exact) mass is 314 g/mol. The van der Waals surface area contributed by atoms with Crippen molar-refractivity contribution in [2.75, 3.05) is 18.5 Å². The predicted molar refractivity (Wildman–Crippen MR) is 76.9 cm³/mol. The molecule has 17 heavy (non-hydrogen) atoms. The smallest absolute Gasteiger partial charge is 0.183 e. The molecule has 0 aliphatic heterocycles. The summed E-state index contributed by atoms with van der Waals surface area (Å²) in [4.78, 5) is 4.50. The molecule has 1 N–H and O–H groups in total. The van der Waals surface area contributed by atoms with Gasteiger partial charge in [-0.2, -0.15) is 0 Å². The molecule has 0 radical (unpaired) electrons. The standard InChI is InChI=1S/C12H15BrN2OS/c1-8(2)16-6-5-14-12-15-10-4-3-9(13)7-11(10)17-12/h3-4,7-8H,5-6H2,1-2H3,(H,14,15). The molecule has 92 valence electrons. The minimum Gasteiger partial charge on any atom is -0.377 e. The molecule has 0 amide bonds. The van der Waals surface area contributed by atoms with Gasteiger partial charge in [0, 0.05) is 11.0 Å². The van der Waals surface area contributed by atoms with Gasteiger partial charge in [-0.15, -0.1) is 0 Å². The fourth-order valence-corrected chi connectivity index (χ4v) is 2.87. The van der Waals surface area contributed by atoms with Gasteiger partial charge in [0.1, 0.15) is 0 Å². The van der Waals surface area contributed by atoms with Crippen molar-refractivity contribution in [3.05, 3.63) is 22.7 Å². The van der Waals surface area contributed by atoms with Crippen LogP contribution < -0.4 is 5.32 Å². The number of ether oxygens (including phenoxy) is 1. The number of hydrogen-bond donors (Lipinski definition) is 1. The molecule has 0 spiro atoms. The SMILES string of the molecule is CC(C)OCCNc1nc2ccc(Br)cc2s1. The molecular formula is C12H15BrN2OS. The van der Waals surface area contributed by atoms with E-state index >= 15 is 0 Å². The zero-order valence-electron chi connectivity index (χ0n) is 9.87. The molecule has 1 aromatic heterocycles. The average molecular weight is 315 g/mol. The van der Waals surface area contributed by atoms with E-state index in [4.69, 9.17) is 4.74 Å². The van der Waals surface area contributed by atoms with Crippen LogP contribution in [0.1, 0.15) is 13.8 Å². The third-order valence-corrected chi connectivity index (χ3v) is 3.65. The number of rotatable bonds is 5. The van der Waals surface area contributed by atoms with Crippen molar-refractivity contribution >= 4 is 42.6 Å². The second-order valence-electron chi connectivity index (χ2n) is 3.98. The Hall–Kier alpha value is -0.650. The fraction of sp³-hybridized carbons (Fsp3) is 0.417. The number of benzene rings is 1. The molecular weight excluding hydrogens is 300 g/mol. The third-order valence-electron chi connectivity index (χ3n) is 2.18. The number of fused-ring (bicyclic) bond motifs is 1. The highest BCUT2D eigenvalue weighted by molar-refractivity contribution is 9.10. The lowest BCUT2D eigenvalue weighted by molar-refractivity contribution is 0.0870. The fourth-order valence-electron chi connectivity index (χ4n) is 1.43. The van der Waals surface area contributed by atoms with Crippen LogP contribution in [0.15, 0.2) is 22.7 Å². The van der Waals surface area contributed by atoms with Gasteiger partial charge in [0.15, 0.2) is 5.13 Å². The maximum absolute atomic E-state index is 5.46. The summed E-state index contributed by atoms with van der Waals surface area (Å²) in [5, 5.41) is 4.23. The first-order chi connectivity index (χ1) is 8.15. The van der Waals surface area contributed by atoms with Crippen LogP contribution in [0.3, 0.4) is 0 Å². The minimum absolute atomic E-state index is 0.281. The largest absolute Gasteiger partial charge is 0.377 e. The molecule has 1 heterocycles. The summed E-state index contributed by atoms with van der Waals surface area (Å²) in [5.74, 6) is 0. The Morgan fingerprint density at radius 2 is 2.29 bits per heavy atom. The minimum atomic E-state index is 0.281. The van der Waals surface area contributed by atoms with E-state index < -0.39 is 0 Å². The van der Waals surface area contributed by atoms with Crippen LogP contribution in [0.5, 0.6) is 0 Å². The van der Waals surface area contributed by atoms with E-state index in [1.165, 1.54) is 4.70 Å². The van der Waals surface area contributed by atoms with Crippen LogP contribution in [-0.2, 0) is 4.74 Å². The lowest BCUT2D eigenvalue weighted by atomic mass is 10.3. The first kappa shape index (κ1) is 12.8. The van der Waals surface area contributed by atoms with Crippen LogP contribution in [-0.4, -0.2) is 24.2 Å². The molecule has 0 saturated carbocycles. The highest BCUT2D eigenvalue weighted by atomic mass is 79.9. The van der Waals surface area contributed by atoms with Gasteiger partial charge in [0.25, 0.3) is 0 Å². The Morgan fingerprint density at radius 1 is 1.47 bits per heavy atom. The normalized spacial score (nSPS) is 11.3. The Bertz CT molecular complexity index is 498. The van der Waals surface area contributed by atoms with Crippen LogP contribution in [0.2, 0.25) is 0 Å². The molecule has 2 rings (SSSR count). The van der Waals surface area contributed by atoms with Crippen molar-refractivity contribution < 1.29 is 4.74 Å². The highest BCUT2D eigenvalue weighted by Crippen LogP contribution is 2.28. The van der Waals surface area contributed by atoms with Gasteiger partial charge in [0.05, 0.1) is 22.9 Å². The van der Waals surface area contributed by atoms with Crippen molar-refractivity contribution in [2.24, 2.45) is 0 Å². The van der Waals surface area contributed by atoms with Gasteiger partial charge in [-0.25, -0.2) is 4.98 Å². The zero-order chi connectivity index (χ0) is 12.3. The number of aromatic nitrogens is 1. The summed E-state index contributed by atoms with van der Waals surface area (Å²) in [5.41, 5.74) is 1.03. The lowest BCUT2D eigenvalue weighted by Crippen LogP contribution is -2.12. The summed E-state index contributed by atoms with van der Waals surface area (Å²) in [6.07, 6.45) is 0.281. The number of halogens is 1. The third kappa shape index (κ3) is 3.66. The van der Waals surface area contributed by atoms with Gasteiger partial charge in [-0.1, -0.05) is 27.3 Å². The molecule has 1 aromatic carbocycles. The van der Waals surface area contributed by atoms with E-state index in [-0.39, 0.29) is 6.10 Å². The van der Waals surface area contributed by atoms with Crippen molar-refractivity contribution in [1.82, 2.24) is 4.98 Å². The Morgan fingerprint density at radius 3 is 3.06 bits per heavy atom. The van der Waals surface area contributed by atoms with E-state index in [2.05, 4.69) is 32.3 Å². The second kappa shape index (κ2) is 5.80. The van der Waals surface area contributed by atoms with Crippen LogP contribution >= 0.6 is 27.3 Å². The highest BCUT2D eigenvalue weighted by Gasteiger charge is 2.03. The molecule has 3 nitrogen and oxygen atoms in total. The van der Waals surface area contributed by atoms with Crippen LogP contribution in [0, 0.1) is 0 Å². The maximum atomic E-state index is 5.46. The first-order valence-corrected chi connectivity index (χ1v) is 7.17. The Labute approximate surface area is 113 Å². The van der Waals surface area contributed by atoms with Crippen molar-refractivity contribution in [3.8, 4) is 0 Å². The van der Waals surface area contributed by atoms with Crippen molar-refractivity contribution in [3.63, 3.8) is 0 Å². The number of anilines is 1. The van der Waals surface area contributed by atoms with Gasteiger partial charge in [-0.05, 0) is 32.0 Å². The second-order valence-corrected chi connectivity index (χ2v) is 5.92. The predicted octanol–water partition coefficient (Wildman–Crippen LogP) is 3.90. The van der Waals surface area contributed by atoms with E-state index in [1.54, 1.807) is 11.3 Å². The average Bonchev–Trinajstić information content (AvgIpc) is 2.66. The quantitative estimate of drug-likeness (QED) is 0.850. The number of thiazole rings is 1. The molecule has 0 fully saturated rings. The van der Waals surface area contributed by atoms with Crippen molar-refractivity contribution in [2.45, 2.75) is 20.0 Å². The topological polar surface area (TPSA) is 34.1 Å². The van der Waals surface area contributed by atoms with E-state index in [9.17, 15) is 0 Å². The zero-order valence-corrected chi connectivity index (χ0v) is 12.3. The molecule has 0 atom stereocenters. The molecule has 0 aliphatic carbocycles. The van der Waals surface area contributed by atoms with Gasteiger partial charge < -0.3 is 10.1 Å². The maximum Gasteiger partial charge on any atom is 0.183 e. The van der Waals surface area contributed by atoms with Gasteiger partial charge in [0.2, 0.25) is 0 Å². The van der Waals surface area contributed by atoms with Gasteiger partial charge >= 0.3 is 0 Å². The molecule has 0 bridgehead atoms. The summed E-state index contributed by atoms with van der Waals surface area (Å²) < 4.78 is 7.74.